The maximum absolute atomic E-state index is 13.6. The summed E-state index contributed by atoms with van der Waals surface area (Å²) in [6.45, 7) is 0.497. The largest absolute Gasteiger partial charge is 0.330 e. The van der Waals surface area contributed by atoms with E-state index >= 15 is 0 Å². The first-order valence-electron chi connectivity index (χ1n) is 6.61. The van der Waals surface area contributed by atoms with Crippen LogP contribution in [0.3, 0.4) is 0 Å². The summed E-state index contributed by atoms with van der Waals surface area (Å²) in [7, 11) is 0. The first-order chi connectivity index (χ1) is 9.65. The Morgan fingerprint density at radius 2 is 2.15 bits per heavy atom. The Hall–Kier alpha value is -2.24. The minimum atomic E-state index is -0.790. The topological polar surface area (TPSA) is 61.0 Å². The molecule has 0 N–H and O–H groups in total. The van der Waals surface area contributed by atoms with Crippen molar-refractivity contribution >= 4 is 5.69 Å². The number of nitro benzene ring substituents is 1. The van der Waals surface area contributed by atoms with Crippen molar-refractivity contribution < 1.29 is 9.31 Å². The van der Waals surface area contributed by atoms with E-state index in [0.717, 1.165) is 31.4 Å². The summed E-state index contributed by atoms with van der Waals surface area (Å²) in [5, 5.41) is 10.6. The van der Waals surface area contributed by atoms with Crippen LogP contribution < -0.4 is 0 Å². The quantitative estimate of drug-likeness (QED) is 0.639. The van der Waals surface area contributed by atoms with Crippen molar-refractivity contribution in [3.05, 3.63) is 57.4 Å². The van der Waals surface area contributed by atoms with Gasteiger partial charge in [0.2, 0.25) is 5.82 Å². The molecule has 104 valence electrons. The molecule has 0 fully saturated rings. The van der Waals surface area contributed by atoms with Crippen LogP contribution >= 0.6 is 0 Å². The lowest BCUT2D eigenvalue weighted by molar-refractivity contribution is -0.387. The van der Waals surface area contributed by atoms with Crippen LogP contribution in [0.2, 0.25) is 0 Å². The minimum absolute atomic E-state index is 0.485. The van der Waals surface area contributed by atoms with Gasteiger partial charge in [-0.05, 0) is 37.3 Å². The minimum Gasteiger partial charge on any atom is -0.330 e. The van der Waals surface area contributed by atoms with Gasteiger partial charge in [0, 0.05) is 18.3 Å². The van der Waals surface area contributed by atoms with Crippen molar-refractivity contribution in [2.24, 2.45) is 0 Å². The van der Waals surface area contributed by atoms with Gasteiger partial charge < -0.3 is 4.57 Å². The number of benzene rings is 1. The molecule has 0 aliphatic heterocycles. The summed E-state index contributed by atoms with van der Waals surface area (Å²) in [5.74, 6) is -0.790. The molecule has 1 aliphatic carbocycles. The van der Waals surface area contributed by atoms with Gasteiger partial charge in [-0.3, -0.25) is 10.1 Å². The standard InChI is InChI=1S/C14H14FN3O2/c15-11-7-10(5-6-13(11)18(19)20)8-17-9-16-12-3-1-2-4-14(12)17/h5-7,9H,1-4,8H2. The van der Waals surface area contributed by atoms with Crippen LogP contribution in [0.25, 0.3) is 0 Å². The van der Waals surface area contributed by atoms with Crippen molar-refractivity contribution in [1.29, 1.82) is 0 Å². The van der Waals surface area contributed by atoms with Crippen molar-refractivity contribution in [1.82, 2.24) is 9.55 Å². The van der Waals surface area contributed by atoms with E-state index in [1.54, 1.807) is 12.4 Å². The Labute approximate surface area is 115 Å². The van der Waals surface area contributed by atoms with Crippen molar-refractivity contribution in [2.45, 2.75) is 32.2 Å². The van der Waals surface area contributed by atoms with Crippen molar-refractivity contribution in [3.63, 3.8) is 0 Å². The van der Waals surface area contributed by atoms with Crippen LogP contribution in [-0.4, -0.2) is 14.5 Å². The lowest BCUT2D eigenvalue weighted by atomic mass is 10.0. The van der Waals surface area contributed by atoms with Gasteiger partial charge in [0.05, 0.1) is 16.9 Å². The average Bonchev–Trinajstić information content (AvgIpc) is 2.82. The van der Waals surface area contributed by atoms with Crippen LogP contribution in [0.15, 0.2) is 24.5 Å². The second kappa shape index (κ2) is 5.03. The molecule has 0 radical (unpaired) electrons. The molecule has 0 saturated heterocycles. The molecular weight excluding hydrogens is 261 g/mol. The summed E-state index contributed by atoms with van der Waals surface area (Å²) in [4.78, 5) is 14.3. The SMILES string of the molecule is O=[N+]([O-])c1ccc(Cn2cnc3c2CCCC3)cc1F. The van der Waals surface area contributed by atoms with E-state index < -0.39 is 16.4 Å². The van der Waals surface area contributed by atoms with Gasteiger partial charge in [0.25, 0.3) is 0 Å². The molecule has 1 aromatic heterocycles. The van der Waals surface area contributed by atoms with E-state index in [-0.39, 0.29) is 0 Å². The van der Waals surface area contributed by atoms with E-state index in [1.165, 1.54) is 17.8 Å². The van der Waals surface area contributed by atoms with Gasteiger partial charge >= 0.3 is 5.69 Å². The number of halogens is 1. The van der Waals surface area contributed by atoms with Crippen LogP contribution in [0.4, 0.5) is 10.1 Å². The molecule has 3 rings (SSSR count). The molecule has 2 aromatic rings. The number of aromatic nitrogens is 2. The van der Waals surface area contributed by atoms with Gasteiger partial charge in [0.1, 0.15) is 0 Å². The summed E-state index contributed by atoms with van der Waals surface area (Å²) in [6.07, 6.45) is 6.07. The first-order valence-corrected chi connectivity index (χ1v) is 6.61. The molecule has 1 heterocycles. The summed E-state index contributed by atoms with van der Waals surface area (Å²) >= 11 is 0. The van der Waals surface area contributed by atoms with Gasteiger partial charge in [-0.1, -0.05) is 6.07 Å². The summed E-state index contributed by atoms with van der Waals surface area (Å²) in [5.41, 5.74) is 2.55. The van der Waals surface area contributed by atoms with Crippen LogP contribution in [0, 0.1) is 15.9 Å². The molecule has 20 heavy (non-hydrogen) atoms. The van der Waals surface area contributed by atoms with E-state index in [0.29, 0.717) is 12.1 Å². The highest BCUT2D eigenvalue weighted by Crippen LogP contribution is 2.22. The number of aryl methyl sites for hydroxylation is 1. The number of hydrogen-bond acceptors (Lipinski definition) is 3. The lowest BCUT2D eigenvalue weighted by Crippen LogP contribution is -2.09. The molecule has 0 unspecified atom stereocenters. The number of nitro groups is 1. The zero-order chi connectivity index (χ0) is 14.1. The van der Waals surface area contributed by atoms with Crippen molar-refractivity contribution in [3.8, 4) is 0 Å². The Morgan fingerprint density at radius 1 is 1.35 bits per heavy atom. The van der Waals surface area contributed by atoms with E-state index in [9.17, 15) is 14.5 Å². The van der Waals surface area contributed by atoms with Gasteiger partial charge in [0.15, 0.2) is 0 Å². The third-order valence-corrected chi connectivity index (χ3v) is 3.67. The zero-order valence-corrected chi connectivity index (χ0v) is 10.9. The van der Waals surface area contributed by atoms with Crippen LogP contribution in [0.1, 0.15) is 29.8 Å². The monoisotopic (exact) mass is 275 g/mol. The molecule has 1 aromatic carbocycles. The predicted molar refractivity (Wildman–Crippen MR) is 71.0 cm³/mol. The maximum atomic E-state index is 13.6. The molecule has 6 heteroatoms. The Kier molecular flexibility index (Phi) is 3.22. The van der Waals surface area contributed by atoms with E-state index in [1.807, 2.05) is 4.57 Å². The molecule has 1 aliphatic rings. The second-order valence-corrected chi connectivity index (χ2v) is 5.02. The zero-order valence-electron chi connectivity index (χ0n) is 10.9. The number of fused-ring (bicyclic) bond motifs is 1. The van der Waals surface area contributed by atoms with E-state index in [2.05, 4.69) is 4.98 Å². The average molecular weight is 275 g/mol. The number of nitrogens with zero attached hydrogens (tertiary/aromatic N) is 3. The molecule has 0 atom stereocenters. The highest BCUT2D eigenvalue weighted by Gasteiger charge is 2.17. The maximum Gasteiger partial charge on any atom is 0.304 e. The molecule has 0 bridgehead atoms. The van der Waals surface area contributed by atoms with Crippen molar-refractivity contribution in [2.75, 3.05) is 0 Å². The fourth-order valence-corrected chi connectivity index (χ4v) is 2.66. The van der Waals surface area contributed by atoms with Crippen LogP contribution in [-0.2, 0) is 19.4 Å². The fourth-order valence-electron chi connectivity index (χ4n) is 2.66. The third-order valence-electron chi connectivity index (χ3n) is 3.67. The van der Waals surface area contributed by atoms with Gasteiger partial charge in [-0.25, -0.2) is 4.98 Å². The van der Waals surface area contributed by atoms with Gasteiger partial charge in [-0.15, -0.1) is 0 Å². The summed E-state index contributed by atoms with van der Waals surface area (Å²) < 4.78 is 15.6. The van der Waals surface area contributed by atoms with Gasteiger partial charge in [-0.2, -0.15) is 4.39 Å². The van der Waals surface area contributed by atoms with E-state index in [4.69, 9.17) is 0 Å². The normalized spacial score (nSPS) is 14.1. The number of imidazole rings is 1. The number of rotatable bonds is 3. The lowest BCUT2D eigenvalue weighted by Gasteiger charge is -2.14. The molecule has 0 saturated carbocycles. The molecule has 0 amide bonds. The Morgan fingerprint density at radius 3 is 2.90 bits per heavy atom. The first kappa shape index (κ1) is 12.8. The number of hydrogen-bond donors (Lipinski definition) is 0. The molecule has 5 nitrogen and oxygen atoms in total. The van der Waals surface area contributed by atoms with Crippen LogP contribution in [0.5, 0.6) is 0 Å². The summed E-state index contributed by atoms with van der Waals surface area (Å²) in [6, 6.07) is 4.04. The molecular formula is C14H14FN3O2. The smallest absolute Gasteiger partial charge is 0.304 e. The Balaban J connectivity index is 1.86. The molecule has 0 spiro atoms. The highest BCUT2D eigenvalue weighted by molar-refractivity contribution is 5.35. The third kappa shape index (κ3) is 2.29. The predicted octanol–water partition coefficient (Wildman–Crippen LogP) is 2.86. The Bertz CT molecular complexity index is 666. The highest BCUT2D eigenvalue weighted by atomic mass is 19.1. The second-order valence-electron chi connectivity index (χ2n) is 5.02. The fraction of sp³-hybridized carbons (Fsp3) is 0.357.